The average molecular weight is 280 g/mol. The lowest BCUT2D eigenvalue weighted by molar-refractivity contribution is -0.124. The van der Waals surface area contributed by atoms with Gasteiger partial charge < -0.3 is 9.26 Å². The van der Waals surface area contributed by atoms with Crippen molar-refractivity contribution in [2.24, 2.45) is 5.92 Å². The third kappa shape index (κ3) is 2.92. The van der Waals surface area contributed by atoms with Gasteiger partial charge in [0.05, 0.1) is 0 Å². The third-order valence-electron chi connectivity index (χ3n) is 4.51. The Kier molecular flexibility index (Phi) is 4.91. The van der Waals surface area contributed by atoms with Gasteiger partial charge in [-0.15, -0.1) is 0 Å². The van der Waals surface area contributed by atoms with E-state index in [-0.39, 0.29) is 5.92 Å². The molecule has 0 spiro atoms. The van der Waals surface area contributed by atoms with Crippen molar-refractivity contribution in [2.45, 2.75) is 64.4 Å². The first-order valence-corrected chi connectivity index (χ1v) is 7.56. The molecule has 2 rings (SSSR count). The predicted octanol–water partition coefficient (Wildman–Crippen LogP) is 3.03. The fourth-order valence-electron chi connectivity index (χ4n) is 2.95. The van der Waals surface area contributed by atoms with Crippen molar-refractivity contribution in [3.63, 3.8) is 0 Å². The quantitative estimate of drug-likeness (QED) is 0.801. The number of methoxy groups -OCH3 is 1. The summed E-state index contributed by atoms with van der Waals surface area (Å²) in [6, 6.07) is 0. The van der Waals surface area contributed by atoms with Crippen molar-refractivity contribution in [2.75, 3.05) is 7.11 Å². The summed E-state index contributed by atoms with van der Waals surface area (Å²) in [5.41, 5.74) is -0.474. The van der Waals surface area contributed by atoms with Gasteiger partial charge in [0.15, 0.2) is 0 Å². The van der Waals surface area contributed by atoms with Gasteiger partial charge in [-0.1, -0.05) is 25.4 Å². The first kappa shape index (κ1) is 15.2. The van der Waals surface area contributed by atoms with E-state index in [1.807, 2.05) is 13.8 Å². The topological polar surface area (TPSA) is 65.2 Å². The van der Waals surface area contributed by atoms with Crippen LogP contribution in [0.1, 0.15) is 64.1 Å². The second kappa shape index (κ2) is 6.48. The molecule has 20 heavy (non-hydrogen) atoms. The first-order chi connectivity index (χ1) is 9.65. The van der Waals surface area contributed by atoms with Crippen LogP contribution in [-0.4, -0.2) is 23.0 Å². The molecule has 0 aliphatic heterocycles. The van der Waals surface area contributed by atoms with Crippen LogP contribution in [0, 0.1) is 5.92 Å². The third-order valence-corrected chi connectivity index (χ3v) is 4.51. The number of ether oxygens (including phenoxy) is 1. The Labute approximate surface area is 120 Å². The van der Waals surface area contributed by atoms with Crippen molar-refractivity contribution in [1.29, 1.82) is 0 Å². The summed E-state index contributed by atoms with van der Waals surface area (Å²) in [7, 11) is 1.67. The highest BCUT2D eigenvalue weighted by Gasteiger charge is 2.34. The van der Waals surface area contributed by atoms with Crippen LogP contribution in [-0.2, 0) is 21.6 Å². The number of ketones is 1. The van der Waals surface area contributed by atoms with E-state index in [0.717, 1.165) is 32.1 Å². The summed E-state index contributed by atoms with van der Waals surface area (Å²) in [6.45, 7) is 4.10. The molecule has 0 radical (unpaired) electrons. The highest BCUT2D eigenvalue weighted by Crippen LogP contribution is 2.31. The molecule has 5 heteroatoms. The van der Waals surface area contributed by atoms with E-state index < -0.39 is 5.60 Å². The zero-order valence-corrected chi connectivity index (χ0v) is 12.6. The van der Waals surface area contributed by atoms with Crippen LogP contribution in [0.15, 0.2) is 4.52 Å². The van der Waals surface area contributed by atoms with Crippen LogP contribution in [0.4, 0.5) is 0 Å². The van der Waals surface area contributed by atoms with Crippen LogP contribution < -0.4 is 0 Å². The standard InChI is InChI=1S/C15H24N2O3/c1-4-15(5-2,19-3)14-16-13(20-17-14)10-11-8-6-7-9-12(11)18/h11H,4-10H2,1-3H3. The number of carbonyl (C=O) groups is 1. The number of aromatic nitrogens is 2. The Morgan fingerprint density at radius 3 is 2.70 bits per heavy atom. The summed E-state index contributed by atoms with van der Waals surface area (Å²) >= 11 is 0. The van der Waals surface area contributed by atoms with Crippen LogP contribution in [0.3, 0.4) is 0 Å². The fraction of sp³-hybridized carbons (Fsp3) is 0.800. The lowest BCUT2D eigenvalue weighted by atomic mass is 9.86. The van der Waals surface area contributed by atoms with Gasteiger partial charge in [0.2, 0.25) is 11.7 Å². The minimum Gasteiger partial charge on any atom is -0.370 e. The Hall–Kier alpha value is -1.23. The molecule has 1 aromatic heterocycles. The summed E-state index contributed by atoms with van der Waals surface area (Å²) < 4.78 is 10.9. The molecule has 1 unspecified atom stereocenters. The van der Waals surface area contributed by atoms with Crippen LogP contribution >= 0.6 is 0 Å². The van der Waals surface area contributed by atoms with Crippen molar-refractivity contribution >= 4 is 5.78 Å². The number of nitrogens with zero attached hydrogens (tertiary/aromatic N) is 2. The highest BCUT2D eigenvalue weighted by atomic mass is 16.5. The largest absolute Gasteiger partial charge is 0.370 e. The molecule has 112 valence electrons. The normalized spacial score (nSPS) is 20.4. The molecule has 1 aliphatic carbocycles. The molecule has 1 fully saturated rings. The SMILES string of the molecule is CCC(CC)(OC)c1noc(CC2CCCCC2=O)n1. The summed E-state index contributed by atoms with van der Waals surface area (Å²) in [4.78, 5) is 16.3. The van der Waals surface area contributed by atoms with Crippen LogP contribution in [0.25, 0.3) is 0 Å². The zero-order chi connectivity index (χ0) is 14.6. The number of rotatable bonds is 6. The maximum absolute atomic E-state index is 11.9. The fourth-order valence-corrected chi connectivity index (χ4v) is 2.95. The van der Waals surface area contributed by atoms with E-state index >= 15 is 0 Å². The molecular weight excluding hydrogens is 256 g/mol. The molecule has 1 saturated carbocycles. The molecule has 1 atom stereocenters. The molecule has 0 amide bonds. The lowest BCUT2D eigenvalue weighted by Gasteiger charge is -2.25. The van der Waals surface area contributed by atoms with Gasteiger partial charge in [0.1, 0.15) is 11.4 Å². The Morgan fingerprint density at radius 2 is 2.10 bits per heavy atom. The molecule has 1 aliphatic rings. The molecule has 5 nitrogen and oxygen atoms in total. The number of Topliss-reactive ketones (excluding diaryl/α,β-unsaturated/α-hetero) is 1. The van der Waals surface area contributed by atoms with E-state index in [2.05, 4.69) is 10.1 Å². The highest BCUT2D eigenvalue weighted by molar-refractivity contribution is 5.81. The van der Waals surface area contributed by atoms with E-state index in [0.29, 0.717) is 30.3 Å². The van der Waals surface area contributed by atoms with Gasteiger partial charge in [0, 0.05) is 25.9 Å². The minimum absolute atomic E-state index is 0.0530. The Morgan fingerprint density at radius 1 is 1.35 bits per heavy atom. The molecule has 0 aromatic carbocycles. The molecule has 0 saturated heterocycles. The van der Waals surface area contributed by atoms with Crippen molar-refractivity contribution in [3.05, 3.63) is 11.7 Å². The van der Waals surface area contributed by atoms with Gasteiger partial charge in [0.25, 0.3) is 0 Å². The predicted molar refractivity (Wildman–Crippen MR) is 74.2 cm³/mol. The minimum atomic E-state index is -0.474. The van der Waals surface area contributed by atoms with Gasteiger partial charge in [-0.3, -0.25) is 4.79 Å². The lowest BCUT2D eigenvalue weighted by Crippen LogP contribution is -2.28. The van der Waals surface area contributed by atoms with E-state index in [9.17, 15) is 4.79 Å². The van der Waals surface area contributed by atoms with Crippen LogP contribution in [0.5, 0.6) is 0 Å². The van der Waals surface area contributed by atoms with E-state index in [4.69, 9.17) is 9.26 Å². The number of hydrogen-bond donors (Lipinski definition) is 0. The molecule has 0 bridgehead atoms. The van der Waals surface area contributed by atoms with E-state index in [1.54, 1.807) is 7.11 Å². The average Bonchev–Trinajstić information content (AvgIpc) is 2.93. The van der Waals surface area contributed by atoms with Crippen molar-refractivity contribution in [1.82, 2.24) is 10.1 Å². The van der Waals surface area contributed by atoms with Gasteiger partial charge in [-0.05, 0) is 25.7 Å². The molecule has 1 aromatic rings. The monoisotopic (exact) mass is 280 g/mol. The summed E-state index contributed by atoms with van der Waals surface area (Å²) in [6.07, 6.45) is 5.92. The molecule has 0 N–H and O–H groups in total. The van der Waals surface area contributed by atoms with Crippen LogP contribution in [0.2, 0.25) is 0 Å². The maximum atomic E-state index is 11.9. The summed E-state index contributed by atoms with van der Waals surface area (Å²) in [5, 5.41) is 4.07. The van der Waals surface area contributed by atoms with Crippen molar-refractivity contribution < 1.29 is 14.1 Å². The second-order valence-corrected chi connectivity index (χ2v) is 5.53. The molecule has 1 heterocycles. The number of hydrogen-bond acceptors (Lipinski definition) is 5. The summed E-state index contributed by atoms with van der Waals surface area (Å²) in [5.74, 6) is 1.55. The maximum Gasteiger partial charge on any atom is 0.227 e. The second-order valence-electron chi connectivity index (χ2n) is 5.53. The van der Waals surface area contributed by atoms with E-state index in [1.165, 1.54) is 0 Å². The smallest absolute Gasteiger partial charge is 0.227 e. The molecular formula is C15H24N2O3. The van der Waals surface area contributed by atoms with Crippen molar-refractivity contribution in [3.8, 4) is 0 Å². The number of carbonyl (C=O) groups excluding carboxylic acids is 1. The zero-order valence-electron chi connectivity index (χ0n) is 12.6. The van der Waals surface area contributed by atoms with Gasteiger partial charge >= 0.3 is 0 Å². The Bertz CT molecular complexity index is 443. The van der Waals surface area contributed by atoms with Gasteiger partial charge in [-0.25, -0.2) is 0 Å². The van der Waals surface area contributed by atoms with Gasteiger partial charge in [-0.2, -0.15) is 4.98 Å². The first-order valence-electron chi connectivity index (χ1n) is 7.56. The Balaban J connectivity index is 2.10.